The van der Waals surface area contributed by atoms with Gasteiger partial charge in [0.1, 0.15) is 0 Å². The molecule has 2 N–H and O–H groups in total. The van der Waals surface area contributed by atoms with Crippen LogP contribution < -0.4 is 10.6 Å². The van der Waals surface area contributed by atoms with Crippen LogP contribution in [0.5, 0.6) is 0 Å². The molecule has 1 aromatic carbocycles. The lowest BCUT2D eigenvalue weighted by atomic mass is 9.96. The molecule has 0 aliphatic carbocycles. The number of hydrogen-bond donors (Lipinski definition) is 2. The summed E-state index contributed by atoms with van der Waals surface area (Å²) in [5, 5.41) is 17.2. The number of anilines is 1. The Morgan fingerprint density at radius 1 is 1.39 bits per heavy atom. The molecule has 5 heteroatoms. The van der Waals surface area contributed by atoms with Crippen molar-refractivity contribution in [3.8, 4) is 0 Å². The number of rotatable bonds is 5. The molecule has 1 atom stereocenters. The van der Waals surface area contributed by atoms with E-state index in [2.05, 4.69) is 10.6 Å². The van der Waals surface area contributed by atoms with E-state index in [1.165, 1.54) is 25.0 Å². The zero-order valence-electron chi connectivity index (χ0n) is 10.4. The second-order valence-corrected chi connectivity index (χ2v) is 4.73. The maximum Gasteiger partial charge on any atom is 0.269 e. The zero-order valence-corrected chi connectivity index (χ0v) is 10.4. The molecule has 0 spiro atoms. The van der Waals surface area contributed by atoms with Crippen molar-refractivity contribution in [3.05, 3.63) is 34.4 Å². The minimum atomic E-state index is -0.378. The van der Waals surface area contributed by atoms with Crippen molar-refractivity contribution in [3.63, 3.8) is 0 Å². The molecule has 0 bridgehead atoms. The van der Waals surface area contributed by atoms with Gasteiger partial charge in [0.2, 0.25) is 0 Å². The fraction of sp³-hybridized carbons (Fsp3) is 0.538. The largest absolute Gasteiger partial charge is 0.385 e. The summed E-state index contributed by atoms with van der Waals surface area (Å²) >= 11 is 0. The predicted octanol–water partition coefficient (Wildman–Crippen LogP) is 2.40. The lowest BCUT2D eigenvalue weighted by Crippen LogP contribution is -2.30. The van der Waals surface area contributed by atoms with Crippen LogP contribution in [0.25, 0.3) is 0 Å². The molecule has 0 saturated carbocycles. The molecule has 0 amide bonds. The fourth-order valence-electron chi connectivity index (χ4n) is 2.29. The Morgan fingerprint density at radius 2 is 2.17 bits per heavy atom. The van der Waals surface area contributed by atoms with Gasteiger partial charge >= 0.3 is 0 Å². The molecule has 1 aromatic rings. The molecule has 1 heterocycles. The standard InChI is InChI=1S/C13H19N3O2/c17-16(18)13-5-3-12(4-6-13)15-9-7-11-2-1-8-14-10-11/h3-6,11,14-15H,1-2,7-10H2. The first-order chi connectivity index (χ1) is 8.75. The highest BCUT2D eigenvalue weighted by atomic mass is 16.6. The Balaban J connectivity index is 1.74. The second kappa shape index (κ2) is 6.35. The third kappa shape index (κ3) is 3.70. The van der Waals surface area contributed by atoms with Crippen LogP contribution in [0.3, 0.4) is 0 Å². The van der Waals surface area contributed by atoms with E-state index < -0.39 is 0 Å². The highest BCUT2D eigenvalue weighted by molar-refractivity contribution is 5.48. The van der Waals surface area contributed by atoms with Crippen molar-refractivity contribution < 1.29 is 4.92 Å². The van der Waals surface area contributed by atoms with Gasteiger partial charge in [0.15, 0.2) is 0 Å². The van der Waals surface area contributed by atoms with Crippen LogP contribution in [0.15, 0.2) is 24.3 Å². The van der Waals surface area contributed by atoms with E-state index in [0.29, 0.717) is 0 Å². The van der Waals surface area contributed by atoms with Crippen LogP contribution in [-0.2, 0) is 0 Å². The smallest absolute Gasteiger partial charge is 0.269 e. The number of nitro benzene ring substituents is 1. The summed E-state index contributed by atoms with van der Waals surface area (Å²) in [6.07, 6.45) is 3.71. The molecule has 1 aliphatic rings. The molecular weight excluding hydrogens is 230 g/mol. The van der Waals surface area contributed by atoms with Gasteiger partial charge in [-0.1, -0.05) is 0 Å². The number of piperidine rings is 1. The minimum absolute atomic E-state index is 0.136. The summed E-state index contributed by atoms with van der Waals surface area (Å²) in [4.78, 5) is 10.1. The van der Waals surface area contributed by atoms with E-state index in [1.807, 2.05) is 0 Å². The van der Waals surface area contributed by atoms with E-state index in [9.17, 15) is 10.1 Å². The average molecular weight is 249 g/mol. The number of benzene rings is 1. The molecule has 18 heavy (non-hydrogen) atoms. The molecule has 0 radical (unpaired) electrons. The molecule has 98 valence electrons. The molecule has 1 aliphatic heterocycles. The Bertz CT molecular complexity index is 386. The third-order valence-electron chi connectivity index (χ3n) is 3.36. The maximum atomic E-state index is 10.5. The van der Waals surface area contributed by atoms with Gasteiger partial charge in [0.25, 0.3) is 5.69 Å². The molecule has 2 rings (SSSR count). The van der Waals surface area contributed by atoms with Gasteiger partial charge in [-0.05, 0) is 50.4 Å². The first-order valence-electron chi connectivity index (χ1n) is 6.45. The zero-order chi connectivity index (χ0) is 12.8. The van der Waals surface area contributed by atoms with E-state index in [0.717, 1.165) is 37.7 Å². The van der Waals surface area contributed by atoms with Crippen LogP contribution >= 0.6 is 0 Å². The number of hydrogen-bond acceptors (Lipinski definition) is 4. The van der Waals surface area contributed by atoms with E-state index in [-0.39, 0.29) is 10.6 Å². The van der Waals surface area contributed by atoms with E-state index >= 15 is 0 Å². The van der Waals surface area contributed by atoms with Crippen molar-refractivity contribution in [1.29, 1.82) is 0 Å². The van der Waals surface area contributed by atoms with Gasteiger partial charge in [-0.2, -0.15) is 0 Å². The van der Waals surface area contributed by atoms with Crippen molar-refractivity contribution in [1.82, 2.24) is 5.32 Å². The lowest BCUT2D eigenvalue weighted by Gasteiger charge is -2.22. The van der Waals surface area contributed by atoms with Crippen LogP contribution in [0.1, 0.15) is 19.3 Å². The Morgan fingerprint density at radius 3 is 2.78 bits per heavy atom. The molecule has 0 aromatic heterocycles. The van der Waals surface area contributed by atoms with Gasteiger partial charge in [-0.25, -0.2) is 0 Å². The normalized spacial score (nSPS) is 19.4. The monoisotopic (exact) mass is 249 g/mol. The second-order valence-electron chi connectivity index (χ2n) is 4.73. The highest BCUT2D eigenvalue weighted by Gasteiger charge is 2.12. The maximum absolute atomic E-state index is 10.5. The lowest BCUT2D eigenvalue weighted by molar-refractivity contribution is -0.384. The predicted molar refractivity (Wildman–Crippen MR) is 71.8 cm³/mol. The number of non-ortho nitro benzene ring substituents is 1. The highest BCUT2D eigenvalue weighted by Crippen LogP contribution is 2.17. The molecule has 5 nitrogen and oxygen atoms in total. The Labute approximate surface area is 107 Å². The van der Waals surface area contributed by atoms with Crippen molar-refractivity contribution in [2.24, 2.45) is 5.92 Å². The SMILES string of the molecule is O=[N+]([O-])c1ccc(NCCC2CCCNC2)cc1. The van der Waals surface area contributed by atoms with Gasteiger partial charge in [-0.15, -0.1) is 0 Å². The van der Waals surface area contributed by atoms with Gasteiger partial charge in [0, 0.05) is 24.4 Å². The molecule has 1 saturated heterocycles. The average Bonchev–Trinajstić information content (AvgIpc) is 2.40. The van der Waals surface area contributed by atoms with Crippen LogP contribution in [0.4, 0.5) is 11.4 Å². The quantitative estimate of drug-likeness (QED) is 0.621. The number of nitrogens with zero attached hydrogens (tertiary/aromatic N) is 1. The topological polar surface area (TPSA) is 67.2 Å². The number of nitrogens with one attached hydrogen (secondary N) is 2. The van der Waals surface area contributed by atoms with Crippen molar-refractivity contribution in [2.75, 3.05) is 25.0 Å². The van der Waals surface area contributed by atoms with Crippen molar-refractivity contribution in [2.45, 2.75) is 19.3 Å². The third-order valence-corrected chi connectivity index (χ3v) is 3.36. The Kier molecular flexibility index (Phi) is 4.52. The molecule has 1 fully saturated rings. The van der Waals surface area contributed by atoms with Crippen LogP contribution in [0, 0.1) is 16.0 Å². The summed E-state index contributed by atoms with van der Waals surface area (Å²) in [5.74, 6) is 0.754. The minimum Gasteiger partial charge on any atom is -0.385 e. The molecular formula is C13H19N3O2. The van der Waals surface area contributed by atoms with Crippen molar-refractivity contribution >= 4 is 11.4 Å². The van der Waals surface area contributed by atoms with Gasteiger partial charge < -0.3 is 10.6 Å². The van der Waals surface area contributed by atoms with Gasteiger partial charge in [-0.3, -0.25) is 10.1 Å². The van der Waals surface area contributed by atoms with Crippen LogP contribution in [-0.4, -0.2) is 24.6 Å². The summed E-state index contributed by atoms with van der Waals surface area (Å²) < 4.78 is 0. The first kappa shape index (κ1) is 12.8. The first-order valence-corrected chi connectivity index (χ1v) is 6.45. The number of nitro groups is 1. The summed E-state index contributed by atoms with van der Waals surface area (Å²) in [5.41, 5.74) is 1.08. The molecule has 1 unspecified atom stereocenters. The van der Waals surface area contributed by atoms with E-state index in [1.54, 1.807) is 12.1 Å². The fourth-order valence-corrected chi connectivity index (χ4v) is 2.29. The summed E-state index contributed by atoms with van der Waals surface area (Å²) in [6.45, 7) is 3.18. The summed E-state index contributed by atoms with van der Waals surface area (Å²) in [7, 11) is 0. The summed E-state index contributed by atoms with van der Waals surface area (Å²) in [6, 6.07) is 6.59. The van der Waals surface area contributed by atoms with Gasteiger partial charge in [0.05, 0.1) is 4.92 Å². The Hall–Kier alpha value is -1.62. The van der Waals surface area contributed by atoms with E-state index in [4.69, 9.17) is 0 Å². The van der Waals surface area contributed by atoms with Crippen LogP contribution in [0.2, 0.25) is 0 Å².